The molecule has 1 atom stereocenters. The molecule has 1 unspecified atom stereocenters. The number of benzene rings is 2. The van der Waals surface area contributed by atoms with E-state index in [0.29, 0.717) is 32.7 Å². The number of carbonyl (C=O) groups is 3. The third-order valence-corrected chi connectivity index (χ3v) is 8.25. The van der Waals surface area contributed by atoms with Crippen LogP contribution < -0.4 is 10.2 Å². The maximum absolute atomic E-state index is 13.2. The molecule has 2 amide bonds. The Bertz CT molecular complexity index is 1400. The highest BCUT2D eigenvalue weighted by Crippen LogP contribution is 2.41. The van der Waals surface area contributed by atoms with Gasteiger partial charge in [0.1, 0.15) is 12.0 Å². The normalized spacial score (nSPS) is 12.8. The summed E-state index contributed by atoms with van der Waals surface area (Å²) in [6.45, 7) is 2.08. The number of amides is 2. The number of para-hydroxylation sites is 1. The van der Waals surface area contributed by atoms with Gasteiger partial charge in [0.2, 0.25) is 11.8 Å². The van der Waals surface area contributed by atoms with Crippen LogP contribution in [0.4, 0.5) is 5.69 Å². The van der Waals surface area contributed by atoms with Gasteiger partial charge in [-0.15, -0.1) is 5.10 Å². The van der Waals surface area contributed by atoms with Crippen LogP contribution >= 0.6 is 8.60 Å². The first-order valence-electron chi connectivity index (χ1n) is 15.5. The number of aromatic nitrogens is 3. The number of carbonyl (C=O) groups excluding carboxylic acids is 3. The summed E-state index contributed by atoms with van der Waals surface area (Å²) in [6.07, 6.45) is 7.67. The van der Waals surface area contributed by atoms with Crippen molar-refractivity contribution in [3.63, 3.8) is 0 Å². The smallest absolute Gasteiger partial charge is 0.356 e. The fourth-order valence-corrected chi connectivity index (χ4v) is 5.82. The summed E-state index contributed by atoms with van der Waals surface area (Å²) in [7, 11) is -0.658. The van der Waals surface area contributed by atoms with Gasteiger partial charge in [0.15, 0.2) is 0 Å². The molecule has 242 valence electrons. The summed E-state index contributed by atoms with van der Waals surface area (Å²) in [5, 5.41) is 12.1. The molecule has 2 heterocycles. The van der Waals surface area contributed by atoms with Crippen LogP contribution in [0.5, 0.6) is 0 Å². The molecule has 45 heavy (non-hydrogen) atoms. The van der Waals surface area contributed by atoms with E-state index in [1.165, 1.54) is 7.11 Å². The van der Waals surface area contributed by atoms with E-state index in [4.69, 9.17) is 4.52 Å². The molecule has 12 nitrogen and oxygen atoms in total. The van der Waals surface area contributed by atoms with Crippen LogP contribution in [-0.2, 0) is 41.6 Å². The van der Waals surface area contributed by atoms with E-state index in [2.05, 4.69) is 25.2 Å². The van der Waals surface area contributed by atoms with E-state index in [1.54, 1.807) is 4.90 Å². The number of rotatable bonds is 19. The van der Waals surface area contributed by atoms with Crippen LogP contribution in [0, 0.1) is 0 Å². The minimum atomic E-state index is -1.97. The lowest BCUT2D eigenvalue weighted by Crippen LogP contribution is -2.31. The molecule has 2 N–H and O–H groups in total. The summed E-state index contributed by atoms with van der Waals surface area (Å²) in [5.41, 5.74) is 5.18. The lowest BCUT2D eigenvalue weighted by atomic mass is 9.95. The van der Waals surface area contributed by atoms with Crippen LogP contribution in [0.3, 0.4) is 0 Å². The van der Waals surface area contributed by atoms with Gasteiger partial charge in [-0.25, -0.2) is 9.57 Å². The average molecular weight is 640 g/mol. The molecule has 0 saturated carbocycles. The van der Waals surface area contributed by atoms with Crippen molar-refractivity contribution in [3.05, 3.63) is 54.1 Å². The van der Waals surface area contributed by atoms with Gasteiger partial charge in [-0.05, 0) is 37.3 Å². The number of nitrogens with one attached hydrogen (secondary N) is 1. The number of fused-ring (bicyclic) bond motifs is 5. The molecule has 13 heteroatoms. The second-order valence-electron chi connectivity index (χ2n) is 10.8. The zero-order valence-corrected chi connectivity index (χ0v) is 26.6. The quantitative estimate of drug-likeness (QED) is 0.0572. The third-order valence-electron chi connectivity index (χ3n) is 7.57. The molecule has 1 aromatic heterocycles. The highest BCUT2D eigenvalue weighted by molar-refractivity contribution is 7.40. The number of hydrogen-bond acceptors (Lipinski definition) is 9. The monoisotopic (exact) mass is 639 g/mol. The van der Waals surface area contributed by atoms with Gasteiger partial charge in [-0.2, -0.15) is 4.67 Å². The Kier molecular flexibility index (Phi) is 14.1. The maximum Gasteiger partial charge on any atom is 0.360 e. The highest BCUT2D eigenvalue weighted by Gasteiger charge is 2.28. The second-order valence-corrected chi connectivity index (χ2v) is 11.6. The molecule has 0 fully saturated rings. The predicted molar refractivity (Wildman–Crippen MR) is 171 cm³/mol. The van der Waals surface area contributed by atoms with E-state index in [1.807, 2.05) is 53.2 Å². The molecule has 0 radical (unpaired) electrons. The zero-order chi connectivity index (χ0) is 31.9. The first-order valence-corrected chi connectivity index (χ1v) is 16.6. The van der Waals surface area contributed by atoms with Crippen LogP contribution in [0.25, 0.3) is 22.5 Å². The van der Waals surface area contributed by atoms with Gasteiger partial charge in [0, 0.05) is 43.5 Å². The van der Waals surface area contributed by atoms with Crippen molar-refractivity contribution in [2.75, 3.05) is 25.2 Å². The van der Waals surface area contributed by atoms with Gasteiger partial charge in [0.05, 0.1) is 31.6 Å². The molecule has 2 aromatic carbocycles. The number of unbranched alkanes of at least 4 members (excludes halogenated alkanes) is 5. The Morgan fingerprint density at radius 1 is 0.978 bits per heavy atom. The van der Waals surface area contributed by atoms with Crippen LogP contribution in [0.2, 0.25) is 0 Å². The molecule has 0 saturated heterocycles. The predicted octanol–water partition coefficient (Wildman–Crippen LogP) is 5.49. The van der Waals surface area contributed by atoms with E-state index in [0.717, 1.165) is 85.0 Å². The first kappa shape index (κ1) is 34.3. The van der Waals surface area contributed by atoms with Gasteiger partial charge in [-0.1, -0.05) is 66.9 Å². The molecular formula is C32H42N5O7P. The minimum absolute atomic E-state index is 0.0598. The van der Waals surface area contributed by atoms with E-state index >= 15 is 0 Å². The van der Waals surface area contributed by atoms with Crippen molar-refractivity contribution >= 4 is 32.4 Å². The summed E-state index contributed by atoms with van der Waals surface area (Å²) < 4.78 is 11.5. The van der Waals surface area contributed by atoms with Crippen molar-refractivity contribution in [2.24, 2.45) is 0 Å². The van der Waals surface area contributed by atoms with Crippen LogP contribution in [-0.4, -0.2) is 58.2 Å². The molecule has 1 aliphatic heterocycles. The fraction of sp³-hybridized carbons (Fsp3) is 0.469. The zero-order valence-electron chi connectivity index (χ0n) is 25.7. The molecule has 3 aromatic rings. The fourth-order valence-electron chi connectivity index (χ4n) is 5.36. The van der Waals surface area contributed by atoms with E-state index < -0.39 is 8.60 Å². The summed E-state index contributed by atoms with van der Waals surface area (Å²) in [6, 6.07) is 15.7. The highest BCUT2D eigenvalue weighted by atomic mass is 31.2. The van der Waals surface area contributed by atoms with Crippen LogP contribution in [0.15, 0.2) is 48.5 Å². The van der Waals surface area contributed by atoms with Crippen LogP contribution in [0.1, 0.15) is 69.8 Å². The van der Waals surface area contributed by atoms with Gasteiger partial charge in [0.25, 0.3) is 0 Å². The Balaban J connectivity index is 1.28. The lowest BCUT2D eigenvalue weighted by molar-refractivity contribution is -0.187. The Morgan fingerprint density at radius 2 is 1.73 bits per heavy atom. The van der Waals surface area contributed by atoms with Gasteiger partial charge in [-0.3, -0.25) is 9.59 Å². The Morgan fingerprint density at radius 3 is 2.56 bits per heavy atom. The number of aldehydes is 1. The largest absolute Gasteiger partial charge is 0.360 e. The van der Waals surface area contributed by atoms with Crippen molar-refractivity contribution in [2.45, 2.75) is 77.3 Å². The second kappa shape index (κ2) is 18.4. The molecule has 4 rings (SSSR count). The van der Waals surface area contributed by atoms with E-state index in [9.17, 15) is 19.3 Å². The molecular weight excluding hydrogens is 597 g/mol. The third kappa shape index (κ3) is 9.97. The lowest BCUT2D eigenvalue weighted by Gasteiger charge is -2.28. The summed E-state index contributed by atoms with van der Waals surface area (Å²) in [5.74, 6) is -0.0496. The minimum Gasteiger partial charge on any atom is -0.356 e. The Labute approximate surface area is 265 Å². The standard InChI is InChI=1S/C32H42N5O7P/c1-42-44-45(41)43-23-12-3-2-10-20-33-29(39)18-5-4-11-21-37-32-26-15-7-6-14-25(26)24-36(30(40)19-13-22-38)28-17-9-8-16-27(28)31(32)34-35-37/h6-9,14-17,22,41H,2-5,10-13,18-21,23-24H2,1H3,(H,33,39). The summed E-state index contributed by atoms with van der Waals surface area (Å²) >= 11 is 0. The van der Waals surface area contributed by atoms with Crippen molar-refractivity contribution in [1.29, 1.82) is 0 Å². The van der Waals surface area contributed by atoms with Crippen molar-refractivity contribution in [1.82, 2.24) is 20.3 Å². The number of hydrogen-bond donors (Lipinski definition) is 2. The molecule has 1 aliphatic rings. The number of anilines is 1. The van der Waals surface area contributed by atoms with Crippen molar-refractivity contribution < 1.29 is 33.4 Å². The first-order chi connectivity index (χ1) is 22.0. The summed E-state index contributed by atoms with van der Waals surface area (Å²) in [4.78, 5) is 51.9. The maximum atomic E-state index is 13.2. The average Bonchev–Trinajstić information content (AvgIpc) is 3.46. The number of nitrogens with zero attached hydrogens (tertiary/aromatic N) is 4. The molecule has 0 spiro atoms. The topological polar surface area (TPSA) is 145 Å². The Hall–Kier alpha value is -3.54. The number of aryl methyl sites for hydroxylation is 1. The molecule has 0 bridgehead atoms. The van der Waals surface area contributed by atoms with E-state index in [-0.39, 0.29) is 24.7 Å². The SMILES string of the molecule is COOP(O)OCCCCCCNC(=O)CCCCCn1nnc2c1-c1ccccc1CN(C(=O)CCC=O)c1ccccc1-2. The van der Waals surface area contributed by atoms with Gasteiger partial charge < -0.3 is 24.4 Å². The van der Waals surface area contributed by atoms with Gasteiger partial charge >= 0.3 is 8.60 Å². The molecule has 0 aliphatic carbocycles. The van der Waals surface area contributed by atoms with Crippen molar-refractivity contribution in [3.8, 4) is 22.5 Å².